The molecule has 0 saturated carbocycles. The summed E-state index contributed by atoms with van der Waals surface area (Å²) in [6.45, 7) is 1.67. The SMILES string of the molecule is CC(CC(=O)O)NC(=O)CCc1ccccc1Cl. The Bertz CT molecular complexity index is 434. The molecule has 98 valence electrons. The Morgan fingerprint density at radius 1 is 1.39 bits per heavy atom. The minimum absolute atomic E-state index is 0.0716. The van der Waals surface area contributed by atoms with E-state index < -0.39 is 5.97 Å². The van der Waals surface area contributed by atoms with Crippen LogP contribution in [0, 0.1) is 0 Å². The summed E-state index contributed by atoms with van der Waals surface area (Å²) >= 11 is 5.97. The predicted octanol–water partition coefficient (Wildman–Crippen LogP) is 2.25. The monoisotopic (exact) mass is 269 g/mol. The maximum Gasteiger partial charge on any atom is 0.305 e. The summed E-state index contributed by atoms with van der Waals surface area (Å²) in [5.41, 5.74) is 0.917. The van der Waals surface area contributed by atoms with E-state index in [9.17, 15) is 9.59 Å². The molecule has 0 aliphatic carbocycles. The van der Waals surface area contributed by atoms with Gasteiger partial charge in [-0.15, -0.1) is 0 Å². The first-order valence-electron chi connectivity index (χ1n) is 5.73. The molecule has 1 aromatic rings. The summed E-state index contributed by atoms with van der Waals surface area (Å²) in [5, 5.41) is 11.9. The number of nitrogens with one attached hydrogen (secondary N) is 1. The van der Waals surface area contributed by atoms with Gasteiger partial charge in [0.2, 0.25) is 5.91 Å². The smallest absolute Gasteiger partial charge is 0.305 e. The number of carboxylic acids is 1. The lowest BCUT2D eigenvalue weighted by atomic mass is 10.1. The first-order chi connectivity index (χ1) is 8.49. The lowest BCUT2D eigenvalue weighted by molar-refractivity contribution is -0.137. The van der Waals surface area contributed by atoms with E-state index in [-0.39, 0.29) is 18.4 Å². The Morgan fingerprint density at radius 2 is 2.06 bits per heavy atom. The van der Waals surface area contributed by atoms with Gasteiger partial charge in [0.1, 0.15) is 0 Å². The van der Waals surface area contributed by atoms with Gasteiger partial charge in [-0.05, 0) is 25.0 Å². The zero-order chi connectivity index (χ0) is 13.5. The Kier molecular flexibility index (Phi) is 5.65. The summed E-state index contributed by atoms with van der Waals surface area (Å²) < 4.78 is 0. The fourth-order valence-electron chi connectivity index (χ4n) is 1.61. The second-order valence-electron chi connectivity index (χ2n) is 4.16. The van der Waals surface area contributed by atoms with Gasteiger partial charge in [-0.2, -0.15) is 0 Å². The number of aliphatic carboxylic acids is 1. The van der Waals surface area contributed by atoms with Gasteiger partial charge in [0.05, 0.1) is 6.42 Å². The number of carbonyl (C=O) groups excluding carboxylic acids is 1. The van der Waals surface area contributed by atoms with Crippen molar-refractivity contribution < 1.29 is 14.7 Å². The minimum atomic E-state index is -0.922. The largest absolute Gasteiger partial charge is 0.481 e. The quantitative estimate of drug-likeness (QED) is 0.832. The molecule has 4 nitrogen and oxygen atoms in total. The van der Waals surface area contributed by atoms with Gasteiger partial charge in [-0.1, -0.05) is 29.8 Å². The van der Waals surface area contributed by atoms with Crippen molar-refractivity contribution in [2.24, 2.45) is 0 Å². The van der Waals surface area contributed by atoms with Crippen molar-refractivity contribution in [1.82, 2.24) is 5.32 Å². The van der Waals surface area contributed by atoms with Crippen LogP contribution >= 0.6 is 11.6 Å². The van der Waals surface area contributed by atoms with Crippen LogP contribution in [0.5, 0.6) is 0 Å². The standard InChI is InChI=1S/C13H16ClNO3/c1-9(8-13(17)18)15-12(16)7-6-10-4-2-3-5-11(10)14/h2-5,9H,6-8H2,1H3,(H,15,16)(H,17,18). The van der Waals surface area contributed by atoms with Crippen molar-refractivity contribution in [3.05, 3.63) is 34.9 Å². The lowest BCUT2D eigenvalue weighted by Gasteiger charge is -2.11. The van der Waals surface area contributed by atoms with Gasteiger partial charge in [-0.25, -0.2) is 0 Å². The van der Waals surface area contributed by atoms with Gasteiger partial charge < -0.3 is 10.4 Å². The van der Waals surface area contributed by atoms with Crippen LogP contribution in [-0.4, -0.2) is 23.0 Å². The van der Waals surface area contributed by atoms with Crippen LogP contribution in [0.4, 0.5) is 0 Å². The lowest BCUT2D eigenvalue weighted by Crippen LogP contribution is -2.34. The van der Waals surface area contributed by atoms with Crippen molar-refractivity contribution in [1.29, 1.82) is 0 Å². The minimum Gasteiger partial charge on any atom is -0.481 e. The van der Waals surface area contributed by atoms with Crippen molar-refractivity contribution in [3.8, 4) is 0 Å². The number of rotatable bonds is 6. The number of aryl methyl sites for hydroxylation is 1. The van der Waals surface area contributed by atoms with Crippen LogP contribution in [0.25, 0.3) is 0 Å². The molecule has 5 heteroatoms. The average Bonchev–Trinajstić information content (AvgIpc) is 2.26. The van der Waals surface area contributed by atoms with Crippen molar-refractivity contribution in [3.63, 3.8) is 0 Å². The van der Waals surface area contributed by atoms with E-state index in [1.165, 1.54) is 0 Å². The van der Waals surface area contributed by atoms with Crippen molar-refractivity contribution in [2.45, 2.75) is 32.2 Å². The topological polar surface area (TPSA) is 66.4 Å². The molecule has 0 radical (unpaired) electrons. The van der Waals surface area contributed by atoms with E-state index in [1.54, 1.807) is 13.0 Å². The summed E-state index contributed by atoms with van der Waals surface area (Å²) in [6, 6.07) is 6.99. The maximum absolute atomic E-state index is 11.6. The molecule has 18 heavy (non-hydrogen) atoms. The van der Waals surface area contributed by atoms with E-state index in [1.807, 2.05) is 18.2 Å². The van der Waals surface area contributed by atoms with Gasteiger partial charge in [0, 0.05) is 17.5 Å². The third-order valence-electron chi connectivity index (χ3n) is 2.47. The highest BCUT2D eigenvalue weighted by Crippen LogP contribution is 2.16. The molecule has 1 unspecified atom stereocenters. The molecule has 1 aromatic carbocycles. The van der Waals surface area contributed by atoms with E-state index >= 15 is 0 Å². The molecule has 0 saturated heterocycles. The molecule has 0 heterocycles. The summed E-state index contributed by atoms with van der Waals surface area (Å²) in [6.07, 6.45) is 0.775. The van der Waals surface area contributed by atoms with Crippen LogP contribution < -0.4 is 5.32 Å². The highest BCUT2D eigenvalue weighted by atomic mass is 35.5. The zero-order valence-electron chi connectivity index (χ0n) is 10.1. The molecular weight excluding hydrogens is 254 g/mol. The maximum atomic E-state index is 11.6. The van der Waals surface area contributed by atoms with E-state index in [0.29, 0.717) is 17.9 Å². The van der Waals surface area contributed by atoms with Crippen LogP contribution in [-0.2, 0) is 16.0 Å². The fourth-order valence-corrected chi connectivity index (χ4v) is 1.84. The molecule has 2 N–H and O–H groups in total. The molecule has 0 bridgehead atoms. The summed E-state index contributed by atoms with van der Waals surface area (Å²) in [4.78, 5) is 22.0. The highest BCUT2D eigenvalue weighted by Gasteiger charge is 2.11. The molecule has 0 fully saturated rings. The number of halogens is 1. The molecule has 1 rings (SSSR count). The highest BCUT2D eigenvalue weighted by molar-refractivity contribution is 6.31. The second-order valence-corrected chi connectivity index (χ2v) is 4.57. The Labute approximate surface area is 111 Å². The zero-order valence-corrected chi connectivity index (χ0v) is 10.9. The molecule has 0 aromatic heterocycles. The van der Waals surface area contributed by atoms with Crippen LogP contribution in [0.1, 0.15) is 25.3 Å². The van der Waals surface area contributed by atoms with Gasteiger partial charge in [0.25, 0.3) is 0 Å². The average molecular weight is 270 g/mol. The number of amides is 1. The Hall–Kier alpha value is -1.55. The third kappa shape index (κ3) is 5.19. The number of benzene rings is 1. The number of hydrogen-bond donors (Lipinski definition) is 2. The molecule has 1 amide bonds. The van der Waals surface area contributed by atoms with Crippen LogP contribution in [0.15, 0.2) is 24.3 Å². The van der Waals surface area contributed by atoms with Gasteiger partial charge >= 0.3 is 5.97 Å². The molecule has 0 aliphatic heterocycles. The second kappa shape index (κ2) is 7.01. The molecular formula is C13H16ClNO3. The number of carbonyl (C=O) groups is 2. The normalized spacial score (nSPS) is 11.9. The Morgan fingerprint density at radius 3 is 2.67 bits per heavy atom. The molecule has 0 spiro atoms. The third-order valence-corrected chi connectivity index (χ3v) is 2.84. The van der Waals surface area contributed by atoms with E-state index in [2.05, 4.69) is 5.32 Å². The van der Waals surface area contributed by atoms with E-state index in [4.69, 9.17) is 16.7 Å². The summed E-state index contributed by atoms with van der Waals surface area (Å²) in [7, 11) is 0. The first kappa shape index (κ1) is 14.5. The first-order valence-corrected chi connectivity index (χ1v) is 6.11. The van der Waals surface area contributed by atoms with E-state index in [0.717, 1.165) is 5.56 Å². The Balaban J connectivity index is 2.38. The van der Waals surface area contributed by atoms with Gasteiger partial charge in [0.15, 0.2) is 0 Å². The predicted molar refractivity (Wildman–Crippen MR) is 69.6 cm³/mol. The number of hydrogen-bond acceptors (Lipinski definition) is 2. The van der Waals surface area contributed by atoms with Crippen molar-refractivity contribution >= 4 is 23.5 Å². The van der Waals surface area contributed by atoms with Crippen molar-refractivity contribution in [2.75, 3.05) is 0 Å². The van der Waals surface area contributed by atoms with Gasteiger partial charge in [-0.3, -0.25) is 9.59 Å². The summed E-state index contributed by atoms with van der Waals surface area (Å²) in [5.74, 6) is -1.09. The number of carboxylic acid groups (broad SMARTS) is 1. The van der Waals surface area contributed by atoms with Crippen LogP contribution in [0.3, 0.4) is 0 Å². The molecule has 1 atom stereocenters. The fraction of sp³-hybridized carbons (Fsp3) is 0.385. The van der Waals surface area contributed by atoms with Crippen LogP contribution in [0.2, 0.25) is 5.02 Å². The molecule has 0 aliphatic rings.